The van der Waals surface area contributed by atoms with Gasteiger partial charge in [-0.3, -0.25) is 0 Å². The third kappa shape index (κ3) is 8.96. The molecule has 0 saturated heterocycles. The fourth-order valence-electron chi connectivity index (χ4n) is 3.06. The first-order valence-corrected chi connectivity index (χ1v) is 11.1. The van der Waals surface area contributed by atoms with E-state index in [1.54, 1.807) is 19.4 Å². The largest absolute Gasteiger partial charge is 0.490 e. The van der Waals surface area contributed by atoms with Gasteiger partial charge in [0.25, 0.3) is 0 Å². The van der Waals surface area contributed by atoms with Gasteiger partial charge in [-0.1, -0.05) is 12.1 Å². The van der Waals surface area contributed by atoms with E-state index >= 15 is 0 Å². The van der Waals surface area contributed by atoms with Crippen LogP contribution in [-0.4, -0.2) is 44.4 Å². The summed E-state index contributed by atoms with van der Waals surface area (Å²) in [4.78, 5) is 8.95. The normalized spacial score (nSPS) is 14.2. The van der Waals surface area contributed by atoms with E-state index in [9.17, 15) is 4.39 Å². The smallest absolute Gasteiger partial charge is 0.218 e. The number of nitrogens with one attached hydrogen (secondary N) is 2. The molecule has 3 rings (SSSR count). The average molecular weight is 572 g/mol. The fourth-order valence-corrected chi connectivity index (χ4v) is 3.06. The second-order valence-electron chi connectivity index (χ2n) is 7.81. The second-order valence-corrected chi connectivity index (χ2v) is 7.81. The molecule has 0 bridgehead atoms. The molecule has 182 valence electrons. The summed E-state index contributed by atoms with van der Waals surface area (Å²) in [5.41, 5.74) is 1.69. The number of rotatable bonds is 12. The lowest BCUT2D eigenvalue weighted by Crippen LogP contribution is -2.38. The molecule has 33 heavy (non-hydrogen) atoms. The Bertz CT molecular complexity index is 896. The zero-order chi connectivity index (χ0) is 22.8. The monoisotopic (exact) mass is 572 g/mol. The van der Waals surface area contributed by atoms with Crippen LogP contribution < -0.4 is 20.1 Å². The summed E-state index contributed by atoms with van der Waals surface area (Å²) < 4.78 is 30.8. The van der Waals surface area contributed by atoms with Crippen molar-refractivity contribution in [1.29, 1.82) is 0 Å². The van der Waals surface area contributed by atoms with Gasteiger partial charge in [0.05, 0.1) is 25.8 Å². The molecule has 9 heteroatoms. The molecule has 1 aromatic heterocycles. The van der Waals surface area contributed by atoms with Crippen LogP contribution in [0.4, 0.5) is 4.39 Å². The average Bonchev–Trinajstić information content (AvgIpc) is 3.62. The molecule has 2 N–H and O–H groups in total. The molecule has 7 nitrogen and oxygen atoms in total. The van der Waals surface area contributed by atoms with E-state index in [1.165, 1.54) is 18.9 Å². The Morgan fingerprint density at radius 1 is 1.24 bits per heavy atom. The predicted molar refractivity (Wildman–Crippen MR) is 138 cm³/mol. The van der Waals surface area contributed by atoms with Gasteiger partial charge in [0, 0.05) is 25.4 Å². The summed E-state index contributed by atoms with van der Waals surface area (Å²) in [6, 6.07) is 8.75. The molecule has 1 aliphatic carbocycles. The third-order valence-corrected chi connectivity index (χ3v) is 5.11. The number of hydrogen-bond acceptors (Lipinski definition) is 5. The lowest BCUT2D eigenvalue weighted by atomic mass is 10.1. The molecule has 1 fully saturated rings. The molecule has 1 aromatic carbocycles. The van der Waals surface area contributed by atoms with E-state index in [0.29, 0.717) is 56.4 Å². The second kappa shape index (κ2) is 14.2. The number of benzene rings is 1. The van der Waals surface area contributed by atoms with Gasteiger partial charge in [0.15, 0.2) is 17.5 Å². The Hall–Kier alpha value is -2.14. The number of nitrogens with zero attached hydrogens (tertiary/aromatic N) is 2. The lowest BCUT2D eigenvalue weighted by Gasteiger charge is -2.19. The Kier molecular flexibility index (Phi) is 11.7. The number of halogens is 2. The SMILES string of the molecule is CCNC(=NCc1cccnc1OCCOC)NC(C)c1ccc(OCC2CC2)c(F)c1.I. The van der Waals surface area contributed by atoms with Crippen molar-refractivity contribution in [3.63, 3.8) is 0 Å². The van der Waals surface area contributed by atoms with Crippen LogP contribution in [-0.2, 0) is 11.3 Å². The summed E-state index contributed by atoms with van der Waals surface area (Å²) in [5.74, 6) is 1.72. The van der Waals surface area contributed by atoms with E-state index in [0.717, 1.165) is 11.1 Å². The minimum atomic E-state index is -0.341. The van der Waals surface area contributed by atoms with E-state index in [1.807, 2.05) is 32.0 Å². The third-order valence-electron chi connectivity index (χ3n) is 5.11. The number of aliphatic imine (C=N–C) groups is 1. The van der Waals surface area contributed by atoms with Crippen molar-refractivity contribution in [2.24, 2.45) is 10.9 Å². The van der Waals surface area contributed by atoms with Crippen LogP contribution in [0.5, 0.6) is 11.6 Å². The molecule has 1 heterocycles. The topological polar surface area (TPSA) is 77.0 Å². The van der Waals surface area contributed by atoms with Crippen LogP contribution >= 0.6 is 24.0 Å². The van der Waals surface area contributed by atoms with Gasteiger partial charge in [0.1, 0.15) is 6.61 Å². The molecular formula is C24H34FIN4O3. The zero-order valence-electron chi connectivity index (χ0n) is 19.5. The molecule has 0 radical (unpaired) electrons. The summed E-state index contributed by atoms with van der Waals surface area (Å²) in [6.07, 6.45) is 4.04. The van der Waals surface area contributed by atoms with E-state index in [4.69, 9.17) is 14.2 Å². The number of ether oxygens (including phenoxy) is 3. The Balaban J connectivity index is 0.00000385. The van der Waals surface area contributed by atoms with Crippen LogP contribution in [0, 0.1) is 11.7 Å². The van der Waals surface area contributed by atoms with Crippen LogP contribution in [0.25, 0.3) is 0 Å². The number of guanidine groups is 1. The quantitative estimate of drug-likeness (QED) is 0.169. The van der Waals surface area contributed by atoms with Crippen LogP contribution in [0.1, 0.15) is 43.9 Å². The van der Waals surface area contributed by atoms with Crippen molar-refractivity contribution in [1.82, 2.24) is 15.6 Å². The van der Waals surface area contributed by atoms with Crippen molar-refractivity contribution < 1.29 is 18.6 Å². The maximum atomic E-state index is 14.5. The highest BCUT2D eigenvalue weighted by molar-refractivity contribution is 14.0. The van der Waals surface area contributed by atoms with Crippen molar-refractivity contribution in [3.05, 3.63) is 53.5 Å². The molecular weight excluding hydrogens is 538 g/mol. The van der Waals surface area contributed by atoms with Crippen molar-refractivity contribution in [2.45, 2.75) is 39.3 Å². The molecule has 0 amide bonds. The van der Waals surface area contributed by atoms with Crippen LogP contribution in [0.15, 0.2) is 41.5 Å². The molecule has 1 atom stereocenters. The molecule has 2 aromatic rings. The lowest BCUT2D eigenvalue weighted by molar-refractivity contribution is 0.143. The van der Waals surface area contributed by atoms with E-state index < -0.39 is 0 Å². The summed E-state index contributed by atoms with van der Waals surface area (Å²) in [5, 5.41) is 6.56. The van der Waals surface area contributed by atoms with Gasteiger partial charge in [-0.15, -0.1) is 24.0 Å². The summed E-state index contributed by atoms with van der Waals surface area (Å²) >= 11 is 0. The first-order valence-electron chi connectivity index (χ1n) is 11.1. The number of hydrogen-bond donors (Lipinski definition) is 2. The summed E-state index contributed by atoms with van der Waals surface area (Å²) in [7, 11) is 1.63. The Morgan fingerprint density at radius 2 is 2.06 bits per heavy atom. The number of methoxy groups -OCH3 is 1. The van der Waals surface area contributed by atoms with E-state index in [-0.39, 0.29) is 35.8 Å². The standard InChI is InChI=1S/C24H33FN4O3.HI/c1-4-26-24(28-15-20-6-5-11-27-23(20)31-13-12-30-3)29-17(2)19-9-10-22(21(25)14-19)32-16-18-7-8-18;/h5-6,9-11,14,17-18H,4,7-8,12-13,15-16H2,1-3H3,(H2,26,28,29);1H. The van der Waals surface area contributed by atoms with Gasteiger partial charge < -0.3 is 24.8 Å². The Labute approximate surface area is 212 Å². The van der Waals surface area contributed by atoms with E-state index in [2.05, 4.69) is 20.6 Å². The highest BCUT2D eigenvalue weighted by atomic mass is 127. The van der Waals surface area contributed by atoms with Gasteiger partial charge in [-0.25, -0.2) is 14.4 Å². The minimum Gasteiger partial charge on any atom is -0.490 e. The van der Waals surface area contributed by atoms with Crippen LogP contribution in [0.3, 0.4) is 0 Å². The van der Waals surface area contributed by atoms with Gasteiger partial charge in [0.2, 0.25) is 5.88 Å². The first-order chi connectivity index (χ1) is 15.6. The van der Waals surface area contributed by atoms with Gasteiger partial charge >= 0.3 is 0 Å². The highest BCUT2D eigenvalue weighted by Crippen LogP contribution is 2.30. The highest BCUT2D eigenvalue weighted by Gasteiger charge is 2.22. The maximum absolute atomic E-state index is 14.5. The Morgan fingerprint density at radius 3 is 2.76 bits per heavy atom. The molecule has 0 spiro atoms. The molecule has 1 aliphatic rings. The van der Waals surface area contributed by atoms with Crippen molar-refractivity contribution in [2.75, 3.05) is 33.5 Å². The van der Waals surface area contributed by atoms with Gasteiger partial charge in [-0.05, 0) is 56.4 Å². The minimum absolute atomic E-state index is 0. The maximum Gasteiger partial charge on any atom is 0.218 e. The number of aromatic nitrogens is 1. The molecule has 1 saturated carbocycles. The predicted octanol–water partition coefficient (Wildman–Crippen LogP) is 4.47. The van der Waals surface area contributed by atoms with Crippen molar-refractivity contribution >= 4 is 29.9 Å². The zero-order valence-corrected chi connectivity index (χ0v) is 21.8. The van der Waals surface area contributed by atoms with Gasteiger partial charge in [-0.2, -0.15) is 0 Å². The number of pyridine rings is 1. The molecule has 1 unspecified atom stereocenters. The van der Waals surface area contributed by atoms with Crippen LogP contribution in [0.2, 0.25) is 0 Å². The summed E-state index contributed by atoms with van der Waals surface area (Å²) in [6.45, 7) is 6.55. The first kappa shape index (κ1) is 27.1. The molecule has 0 aliphatic heterocycles. The fraction of sp³-hybridized carbons (Fsp3) is 0.500. The van der Waals surface area contributed by atoms with Crippen molar-refractivity contribution in [3.8, 4) is 11.6 Å².